The average Bonchev–Trinajstić information content (AvgIpc) is 3.30. The topological polar surface area (TPSA) is 96.1 Å². The van der Waals surface area contributed by atoms with E-state index in [0.717, 1.165) is 0 Å². The van der Waals surface area contributed by atoms with Crippen molar-refractivity contribution in [3.8, 4) is 5.75 Å². The maximum absolute atomic E-state index is 13.1. The number of nitrogens with zero attached hydrogens (tertiary/aromatic N) is 3. The molecule has 8 nitrogen and oxygen atoms in total. The van der Waals surface area contributed by atoms with Crippen molar-refractivity contribution in [2.75, 3.05) is 26.2 Å². The third kappa shape index (κ3) is 4.70. The van der Waals surface area contributed by atoms with Crippen molar-refractivity contribution in [3.05, 3.63) is 23.4 Å². The highest BCUT2D eigenvalue weighted by atomic mass is 19.4. The molecule has 1 saturated heterocycles. The predicted molar refractivity (Wildman–Crippen MR) is 104 cm³/mol. The van der Waals surface area contributed by atoms with Crippen LogP contribution in [0.25, 0.3) is 11.0 Å². The molecule has 2 aromatic rings. The molecule has 11 heteroatoms. The number of urea groups is 1. The van der Waals surface area contributed by atoms with Crippen molar-refractivity contribution in [2.24, 2.45) is 0 Å². The van der Waals surface area contributed by atoms with Gasteiger partial charge in [0.25, 0.3) is 0 Å². The molecular weight excluding hydrogens is 419 g/mol. The van der Waals surface area contributed by atoms with E-state index in [1.54, 1.807) is 4.90 Å². The van der Waals surface area contributed by atoms with E-state index < -0.39 is 23.9 Å². The number of ether oxygens (including phenoxy) is 1. The fourth-order valence-electron chi connectivity index (χ4n) is 3.61. The zero-order valence-electron chi connectivity index (χ0n) is 17.2. The van der Waals surface area contributed by atoms with E-state index in [9.17, 15) is 22.8 Å². The number of carboxylic acids is 1. The van der Waals surface area contributed by atoms with Crippen LogP contribution in [0.5, 0.6) is 5.75 Å². The molecule has 2 amide bonds. The molecule has 1 fully saturated rings. The number of benzene rings is 1. The zero-order valence-corrected chi connectivity index (χ0v) is 17.2. The molecule has 1 N–H and O–H groups in total. The SMILES string of the molecule is CCCc1c(OCCCN2CCN(C(C)C(=O)O)C2=O)ccc2c(C(F)(F)F)noc12. The third-order valence-electron chi connectivity index (χ3n) is 5.25. The van der Waals surface area contributed by atoms with Crippen molar-refractivity contribution in [3.63, 3.8) is 0 Å². The van der Waals surface area contributed by atoms with E-state index in [-0.39, 0.29) is 23.6 Å². The number of halogens is 3. The molecule has 1 aliphatic rings. The summed E-state index contributed by atoms with van der Waals surface area (Å²) in [7, 11) is 0. The fourth-order valence-corrected chi connectivity index (χ4v) is 3.61. The number of hydrogen-bond acceptors (Lipinski definition) is 5. The zero-order chi connectivity index (χ0) is 22.8. The Labute approximate surface area is 176 Å². The van der Waals surface area contributed by atoms with Gasteiger partial charge in [-0.1, -0.05) is 18.5 Å². The number of hydrogen-bond donors (Lipinski definition) is 1. The van der Waals surface area contributed by atoms with Crippen LogP contribution in [0.3, 0.4) is 0 Å². The maximum atomic E-state index is 13.1. The molecule has 2 heterocycles. The second kappa shape index (κ2) is 9.03. The standard InChI is InChI=1S/C20H24F3N3O5/c1-3-5-13-15(7-6-14-16(13)31-24-17(14)20(21,22)23)30-11-4-8-25-9-10-26(19(25)29)12(2)18(27)28/h6-7,12H,3-5,8-11H2,1-2H3,(H,27,28). The summed E-state index contributed by atoms with van der Waals surface area (Å²) < 4.78 is 50.1. The summed E-state index contributed by atoms with van der Waals surface area (Å²) in [6.45, 7) is 4.76. The van der Waals surface area contributed by atoms with Gasteiger partial charge in [-0.3, -0.25) is 0 Å². The second-order valence-corrected chi connectivity index (χ2v) is 7.38. The summed E-state index contributed by atoms with van der Waals surface area (Å²) >= 11 is 0. The van der Waals surface area contributed by atoms with Crippen LogP contribution < -0.4 is 4.74 Å². The van der Waals surface area contributed by atoms with Gasteiger partial charge in [-0.25, -0.2) is 9.59 Å². The van der Waals surface area contributed by atoms with Crippen LogP contribution in [0.15, 0.2) is 16.7 Å². The van der Waals surface area contributed by atoms with Gasteiger partial charge < -0.3 is 24.2 Å². The van der Waals surface area contributed by atoms with E-state index in [1.165, 1.54) is 24.0 Å². The van der Waals surface area contributed by atoms with E-state index in [1.807, 2.05) is 6.92 Å². The Balaban J connectivity index is 1.63. The summed E-state index contributed by atoms with van der Waals surface area (Å²) in [5, 5.41) is 12.2. The number of fused-ring (bicyclic) bond motifs is 1. The summed E-state index contributed by atoms with van der Waals surface area (Å²) in [5.74, 6) is -0.633. The number of amides is 2. The second-order valence-electron chi connectivity index (χ2n) is 7.38. The van der Waals surface area contributed by atoms with Crippen LogP contribution >= 0.6 is 0 Å². The number of aryl methyl sites for hydroxylation is 1. The van der Waals surface area contributed by atoms with E-state index in [0.29, 0.717) is 50.2 Å². The largest absolute Gasteiger partial charge is 0.493 e. The highest BCUT2D eigenvalue weighted by molar-refractivity contribution is 5.85. The van der Waals surface area contributed by atoms with E-state index >= 15 is 0 Å². The number of aromatic nitrogens is 1. The lowest BCUT2D eigenvalue weighted by molar-refractivity contribution is -0.142. The molecule has 1 aromatic heterocycles. The van der Waals surface area contributed by atoms with Crippen LogP contribution in [0, 0.1) is 0 Å². The minimum absolute atomic E-state index is 0.0692. The summed E-state index contributed by atoms with van der Waals surface area (Å²) in [4.78, 5) is 26.3. The minimum atomic E-state index is -4.61. The Morgan fingerprint density at radius 1 is 1.35 bits per heavy atom. The monoisotopic (exact) mass is 443 g/mol. The first-order valence-electron chi connectivity index (χ1n) is 10.0. The van der Waals surface area contributed by atoms with Gasteiger partial charge in [0.05, 0.1) is 12.0 Å². The van der Waals surface area contributed by atoms with E-state index in [4.69, 9.17) is 14.4 Å². The summed E-state index contributed by atoms with van der Waals surface area (Å²) in [5.41, 5.74) is -0.458. The first-order chi connectivity index (χ1) is 14.6. The molecule has 0 spiro atoms. The summed E-state index contributed by atoms with van der Waals surface area (Å²) in [6, 6.07) is 1.56. The van der Waals surface area contributed by atoms with Gasteiger partial charge in [-0.2, -0.15) is 13.2 Å². The highest BCUT2D eigenvalue weighted by Crippen LogP contribution is 2.38. The van der Waals surface area contributed by atoms with Crippen molar-refractivity contribution in [1.29, 1.82) is 0 Å². The van der Waals surface area contributed by atoms with Crippen LogP contribution in [0.4, 0.5) is 18.0 Å². The third-order valence-corrected chi connectivity index (χ3v) is 5.25. The Morgan fingerprint density at radius 3 is 2.74 bits per heavy atom. The first-order valence-corrected chi connectivity index (χ1v) is 10.0. The molecule has 170 valence electrons. The number of aliphatic carboxylic acids is 1. The normalized spacial score (nSPS) is 15.7. The lowest BCUT2D eigenvalue weighted by Crippen LogP contribution is -2.42. The molecule has 0 saturated carbocycles. The van der Waals surface area contributed by atoms with Crippen molar-refractivity contribution in [1.82, 2.24) is 15.0 Å². The van der Waals surface area contributed by atoms with Gasteiger partial charge in [-0.05, 0) is 31.9 Å². The predicted octanol–water partition coefficient (Wildman–Crippen LogP) is 3.78. The Kier molecular flexibility index (Phi) is 6.61. The molecule has 31 heavy (non-hydrogen) atoms. The number of carbonyl (C=O) groups excluding carboxylic acids is 1. The quantitative estimate of drug-likeness (QED) is 0.593. The number of carboxylic acid groups (broad SMARTS) is 1. The number of carbonyl (C=O) groups is 2. The molecule has 1 aliphatic heterocycles. The highest BCUT2D eigenvalue weighted by Gasteiger charge is 2.38. The van der Waals surface area contributed by atoms with Crippen molar-refractivity contribution < 1.29 is 37.1 Å². The number of alkyl halides is 3. The smallest absolute Gasteiger partial charge is 0.437 e. The average molecular weight is 443 g/mol. The van der Waals surface area contributed by atoms with Gasteiger partial charge in [0.15, 0.2) is 11.3 Å². The molecular formula is C20H24F3N3O5. The molecule has 1 atom stereocenters. The van der Waals surface area contributed by atoms with Gasteiger partial charge >= 0.3 is 18.2 Å². The van der Waals surface area contributed by atoms with Crippen LogP contribution in [0.1, 0.15) is 37.9 Å². The molecule has 1 unspecified atom stereocenters. The maximum Gasteiger partial charge on any atom is 0.437 e. The lowest BCUT2D eigenvalue weighted by atomic mass is 10.0. The van der Waals surface area contributed by atoms with Crippen molar-refractivity contribution >= 4 is 23.0 Å². The van der Waals surface area contributed by atoms with E-state index in [2.05, 4.69) is 5.16 Å². The minimum Gasteiger partial charge on any atom is -0.493 e. The van der Waals surface area contributed by atoms with Crippen molar-refractivity contribution in [2.45, 2.75) is 45.3 Å². The number of rotatable bonds is 9. The van der Waals surface area contributed by atoms with Crippen LogP contribution in [0.2, 0.25) is 0 Å². The summed E-state index contributed by atoms with van der Waals surface area (Å²) in [6.07, 6.45) is -2.98. The molecule has 3 rings (SSSR count). The van der Waals surface area contributed by atoms with Gasteiger partial charge in [0.2, 0.25) is 0 Å². The Morgan fingerprint density at radius 2 is 2.10 bits per heavy atom. The lowest BCUT2D eigenvalue weighted by Gasteiger charge is -2.21. The van der Waals surface area contributed by atoms with Crippen LogP contribution in [-0.4, -0.2) is 64.3 Å². The Hall–Kier alpha value is -2.98. The van der Waals surface area contributed by atoms with Gasteiger partial charge in [-0.15, -0.1) is 0 Å². The molecule has 0 bridgehead atoms. The fraction of sp³-hybridized carbons (Fsp3) is 0.550. The first kappa shape index (κ1) is 22.7. The molecule has 1 aromatic carbocycles. The Bertz CT molecular complexity index is 959. The van der Waals surface area contributed by atoms with Crippen LogP contribution in [-0.2, 0) is 17.4 Å². The van der Waals surface area contributed by atoms with Gasteiger partial charge in [0, 0.05) is 25.2 Å². The van der Waals surface area contributed by atoms with Gasteiger partial charge in [0.1, 0.15) is 11.8 Å². The molecule has 0 radical (unpaired) electrons. The molecule has 0 aliphatic carbocycles.